The van der Waals surface area contributed by atoms with Crippen LogP contribution < -0.4 is 15.0 Å². The van der Waals surface area contributed by atoms with Crippen molar-refractivity contribution in [1.29, 1.82) is 0 Å². The zero-order valence-corrected chi connectivity index (χ0v) is 30.2. The number of pyridine rings is 1. The molecule has 4 heterocycles. The van der Waals surface area contributed by atoms with Crippen molar-refractivity contribution in [3.05, 3.63) is 89.6 Å². The van der Waals surface area contributed by atoms with E-state index in [0.29, 0.717) is 17.7 Å². The van der Waals surface area contributed by atoms with Gasteiger partial charge in [0.15, 0.2) is 0 Å². The second kappa shape index (κ2) is 14.5. The molecular weight excluding hydrogens is 681 g/mol. The van der Waals surface area contributed by atoms with Gasteiger partial charge in [-0.15, -0.1) is 11.3 Å². The summed E-state index contributed by atoms with van der Waals surface area (Å²) >= 11 is 1.64. The van der Waals surface area contributed by atoms with Crippen LogP contribution >= 0.6 is 11.3 Å². The van der Waals surface area contributed by atoms with Gasteiger partial charge < -0.3 is 24.6 Å². The van der Waals surface area contributed by atoms with Crippen LogP contribution in [-0.4, -0.2) is 90.4 Å². The van der Waals surface area contributed by atoms with Gasteiger partial charge in [-0.05, 0) is 78.6 Å². The van der Waals surface area contributed by atoms with Crippen LogP contribution in [0.1, 0.15) is 34.3 Å². The van der Waals surface area contributed by atoms with Crippen molar-refractivity contribution in [2.75, 3.05) is 51.1 Å². The number of ether oxygens (including phenoxy) is 2. The molecule has 2 aliphatic heterocycles. The summed E-state index contributed by atoms with van der Waals surface area (Å²) in [5, 5.41) is 4.29. The maximum atomic E-state index is 13.0. The number of aryl methyl sites for hydroxylation is 1. The van der Waals surface area contributed by atoms with Gasteiger partial charge >= 0.3 is 5.97 Å². The molecule has 12 nitrogen and oxygen atoms in total. The first-order valence-corrected chi connectivity index (χ1v) is 17.8. The predicted molar refractivity (Wildman–Crippen MR) is 199 cm³/mol. The average molecular weight is 719 g/mol. The number of piperidine rings is 1. The van der Waals surface area contributed by atoms with E-state index in [-0.39, 0.29) is 56.1 Å². The van der Waals surface area contributed by atoms with Crippen molar-refractivity contribution in [1.82, 2.24) is 19.8 Å². The minimum Gasteiger partial charge on any atom is -0.425 e. The Labute approximate surface area is 305 Å². The molecule has 3 amide bonds. The van der Waals surface area contributed by atoms with Crippen molar-refractivity contribution in [3.8, 4) is 27.4 Å². The molecule has 1 atom stereocenters. The van der Waals surface area contributed by atoms with Crippen LogP contribution in [0.2, 0.25) is 0 Å². The molecule has 0 saturated carbocycles. The summed E-state index contributed by atoms with van der Waals surface area (Å²) in [5.41, 5.74) is 7.36. The molecule has 0 spiro atoms. The molecule has 0 bridgehead atoms. The molecule has 52 heavy (non-hydrogen) atoms. The van der Waals surface area contributed by atoms with E-state index in [1.54, 1.807) is 29.5 Å². The lowest BCUT2D eigenvalue weighted by atomic mass is 10.0. The van der Waals surface area contributed by atoms with Gasteiger partial charge in [-0.1, -0.05) is 18.2 Å². The summed E-state index contributed by atoms with van der Waals surface area (Å²) < 4.78 is 12.1. The number of anilines is 2. The molecule has 7 rings (SSSR count). The smallest absolute Gasteiger partial charge is 0.337 e. The zero-order chi connectivity index (χ0) is 36.5. The molecule has 266 valence electrons. The van der Waals surface area contributed by atoms with Crippen molar-refractivity contribution >= 4 is 56.7 Å². The number of esters is 1. The Balaban J connectivity index is 0.885. The number of likely N-dealkylation sites (tertiary alicyclic amines) is 1. The first kappa shape index (κ1) is 34.8. The molecule has 3 aromatic carbocycles. The first-order chi connectivity index (χ1) is 25.0. The zero-order valence-electron chi connectivity index (χ0n) is 29.3. The molecule has 0 radical (unpaired) electrons. The van der Waals surface area contributed by atoms with Crippen molar-refractivity contribution in [3.63, 3.8) is 0 Å². The number of imide groups is 1. The number of amides is 3. The Bertz CT molecular complexity index is 2200. The van der Waals surface area contributed by atoms with E-state index in [4.69, 9.17) is 14.5 Å². The lowest BCUT2D eigenvalue weighted by Crippen LogP contribution is -2.53. The van der Waals surface area contributed by atoms with E-state index in [2.05, 4.69) is 47.6 Å². The standard InChI is InChI=1S/C39H38N6O6S/c1-23-17-24(25-6-13-34(41-20-25)43(2)3)5-9-29(23)37-42-31-11-7-27(19-33(31)52-37)40-15-16-50-22-36(47)51-28-8-10-30-26(18-28)21-45(38(30)48)32-12-14-35(46)44(4)39(32)49/h5-11,13,17-20,32,40H,12,14-16,21-22H2,1-4H3. The normalized spacial score (nSPS) is 15.7. The lowest BCUT2D eigenvalue weighted by molar-refractivity contribution is -0.150. The number of thiazole rings is 1. The highest BCUT2D eigenvalue weighted by Gasteiger charge is 2.41. The Morgan fingerprint density at radius 2 is 1.81 bits per heavy atom. The topological polar surface area (TPSA) is 134 Å². The number of aromatic nitrogens is 2. The summed E-state index contributed by atoms with van der Waals surface area (Å²) in [5.74, 6) is -0.273. The van der Waals surface area contributed by atoms with Crippen molar-refractivity contribution in [2.24, 2.45) is 0 Å². The van der Waals surface area contributed by atoms with Crippen LogP contribution in [0.4, 0.5) is 11.5 Å². The minimum absolute atomic E-state index is 0.201. The summed E-state index contributed by atoms with van der Waals surface area (Å²) in [6.07, 6.45) is 2.39. The molecule has 1 unspecified atom stereocenters. The van der Waals surface area contributed by atoms with Crippen LogP contribution in [-0.2, 0) is 25.7 Å². The van der Waals surface area contributed by atoms with Gasteiger partial charge in [0.05, 0.1) is 16.8 Å². The second-order valence-corrected chi connectivity index (χ2v) is 14.1. The fourth-order valence-corrected chi connectivity index (χ4v) is 7.56. The van der Waals surface area contributed by atoms with E-state index in [9.17, 15) is 19.2 Å². The van der Waals surface area contributed by atoms with Gasteiger partial charge in [0.25, 0.3) is 11.8 Å². The molecule has 1 N–H and O–H groups in total. The first-order valence-electron chi connectivity index (χ1n) is 17.0. The molecule has 1 fully saturated rings. The molecule has 1 saturated heterocycles. The van der Waals surface area contributed by atoms with Crippen molar-refractivity contribution < 1.29 is 28.7 Å². The Morgan fingerprint density at radius 3 is 2.58 bits per heavy atom. The van der Waals surface area contributed by atoms with Gasteiger partial charge in [0.1, 0.15) is 29.2 Å². The molecule has 5 aromatic rings. The number of rotatable bonds is 11. The van der Waals surface area contributed by atoms with Crippen LogP contribution in [0.3, 0.4) is 0 Å². The lowest BCUT2D eigenvalue weighted by Gasteiger charge is -2.33. The van der Waals surface area contributed by atoms with E-state index < -0.39 is 12.0 Å². The Hall–Kier alpha value is -5.66. The largest absolute Gasteiger partial charge is 0.425 e. The Kier molecular flexibility index (Phi) is 9.71. The number of hydrogen-bond acceptors (Lipinski definition) is 11. The molecule has 2 aromatic heterocycles. The highest BCUT2D eigenvalue weighted by Crippen LogP contribution is 2.35. The SMILES string of the molecule is Cc1cc(-c2ccc(N(C)C)nc2)ccc1-c1nc2ccc(NCCOCC(=O)Oc3ccc4c(c3)CN(C3CCC(=O)N(C)C3=O)C4=O)cc2s1. The number of carbonyl (C=O) groups excluding carboxylic acids is 4. The quantitative estimate of drug-likeness (QED) is 0.0804. The molecular formula is C39H38N6O6S. The number of nitrogens with one attached hydrogen (secondary N) is 1. The van der Waals surface area contributed by atoms with Gasteiger partial charge in [-0.25, -0.2) is 14.8 Å². The highest BCUT2D eigenvalue weighted by atomic mass is 32.1. The van der Waals surface area contributed by atoms with Gasteiger partial charge in [0.2, 0.25) is 5.91 Å². The summed E-state index contributed by atoms with van der Waals surface area (Å²) in [7, 11) is 5.38. The van der Waals surface area contributed by atoms with Crippen LogP contribution in [0, 0.1) is 6.92 Å². The predicted octanol–water partition coefficient (Wildman–Crippen LogP) is 5.54. The highest BCUT2D eigenvalue weighted by molar-refractivity contribution is 7.21. The summed E-state index contributed by atoms with van der Waals surface area (Å²) in [4.78, 5) is 64.0. The van der Waals surface area contributed by atoms with Gasteiger partial charge in [-0.3, -0.25) is 19.3 Å². The van der Waals surface area contributed by atoms with E-state index in [1.807, 2.05) is 43.4 Å². The minimum atomic E-state index is -0.694. The van der Waals surface area contributed by atoms with E-state index >= 15 is 0 Å². The van der Waals surface area contributed by atoms with Crippen LogP contribution in [0.5, 0.6) is 5.75 Å². The number of benzene rings is 3. The fourth-order valence-electron chi connectivity index (χ4n) is 6.46. The van der Waals surface area contributed by atoms with Crippen LogP contribution in [0.15, 0.2) is 72.9 Å². The second-order valence-electron chi connectivity index (χ2n) is 13.1. The molecule has 0 aliphatic carbocycles. The summed E-state index contributed by atoms with van der Waals surface area (Å²) in [6, 6.07) is 20.6. The fraction of sp³-hybridized carbons (Fsp3) is 0.282. The third-order valence-corrected chi connectivity index (χ3v) is 10.4. The van der Waals surface area contributed by atoms with Gasteiger partial charge in [-0.2, -0.15) is 0 Å². The average Bonchev–Trinajstić information content (AvgIpc) is 3.70. The number of nitrogens with zero attached hydrogens (tertiary/aromatic N) is 5. The number of hydrogen-bond donors (Lipinski definition) is 1. The third-order valence-electron chi connectivity index (χ3n) is 9.32. The molecule has 13 heteroatoms. The number of carbonyl (C=O) groups is 4. The third kappa shape index (κ3) is 7.10. The van der Waals surface area contributed by atoms with E-state index in [1.165, 1.54) is 11.9 Å². The maximum absolute atomic E-state index is 13.0. The maximum Gasteiger partial charge on any atom is 0.337 e. The van der Waals surface area contributed by atoms with E-state index in [0.717, 1.165) is 53.9 Å². The monoisotopic (exact) mass is 718 g/mol. The Morgan fingerprint density at radius 1 is 1.00 bits per heavy atom. The number of likely N-dealkylation sites (N-methyl/N-ethyl adjacent to an activating group) is 1. The number of fused-ring (bicyclic) bond motifs is 2. The summed E-state index contributed by atoms with van der Waals surface area (Å²) in [6.45, 7) is 2.82. The van der Waals surface area contributed by atoms with Crippen molar-refractivity contribution in [2.45, 2.75) is 32.4 Å². The van der Waals surface area contributed by atoms with Gasteiger partial charge in [0, 0.05) is 69.2 Å². The molecule has 2 aliphatic rings. The van der Waals surface area contributed by atoms with Crippen LogP contribution in [0.25, 0.3) is 31.9 Å².